The Bertz CT molecular complexity index is 1060. The van der Waals surface area contributed by atoms with E-state index in [-0.39, 0.29) is 17.2 Å². The number of rotatable bonds is 2. The van der Waals surface area contributed by atoms with Gasteiger partial charge in [-0.05, 0) is 36.1 Å². The Morgan fingerprint density at radius 3 is 2.79 bits per heavy atom. The summed E-state index contributed by atoms with van der Waals surface area (Å²) in [5.41, 5.74) is 2.71. The quantitative estimate of drug-likeness (QED) is 0.670. The van der Waals surface area contributed by atoms with Crippen LogP contribution in [0.3, 0.4) is 0 Å². The van der Waals surface area contributed by atoms with Gasteiger partial charge in [0.15, 0.2) is 0 Å². The minimum atomic E-state index is -0.323. The first-order valence-electron chi connectivity index (χ1n) is 9.16. The highest BCUT2D eigenvalue weighted by molar-refractivity contribution is 7.08. The zero-order chi connectivity index (χ0) is 19.3. The van der Waals surface area contributed by atoms with Gasteiger partial charge in [0.2, 0.25) is 0 Å². The van der Waals surface area contributed by atoms with Gasteiger partial charge in [0.05, 0.1) is 22.4 Å². The molecule has 1 fully saturated rings. The minimum Gasteiger partial charge on any atom is -0.336 e. The van der Waals surface area contributed by atoms with Crippen LogP contribution in [0.4, 0.5) is 5.69 Å². The van der Waals surface area contributed by atoms with E-state index >= 15 is 0 Å². The number of thiophene rings is 1. The highest BCUT2D eigenvalue weighted by atomic mass is 32.1. The lowest BCUT2D eigenvalue weighted by Crippen LogP contribution is -2.40. The van der Waals surface area contributed by atoms with Gasteiger partial charge >= 0.3 is 0 Å². The molecular formula is C20H19N5O2S. The van der Waals surface area contributed by atoms with E-state index in [0.717, 1.165) is 17.8 Å². The Hall–Kier alpha value is -3.00. The molecule has 2 aliphatic heterocycles. The minimum absolute atomic E-state index is 0.0104. The molecule has 2 amide bonds. The van der Waals surface area contributed by atoms with E-state index in [0.29, 0.717) is 30.9 Å². The Morgan fingerprint density at radius 2 is 2.04 bits per heavy atom. The van der Waals surface area contributed by atoms with Gasteiger partial charge in [-0.1, -0.05) is 0 Å². The van der Waals surface area contributed by atoms with E-state index in [4.69, 9.17) is 0 Å². The molecule has 5 heterocycles. The van der Waals surface area contributed by atoms with Crippen molar-refractivity contribution < 1.29 is 9.59 Å². The van der Waals surface area contributed by atoms with E-state index in [9.17, 15) is 9.59 Å². The summed E-state index contributed by atoms with van der Waals surface area (Å²) in [6.07, 6.45) is 4.19. The average Bonchev–Trinajstić information content (AvgIpc) is 3.49. The summed E-state index contributed by atoms with van der Waals surface area (Å²) in [5.74, 6) is -0.0410. The van der Waals surface area contributed by atoms with Gasteiger partial charge in [-0.3, -0.25) is 19.3 Å². The zero-order valence-corrected chi connectivity index (χ0v) is 16.2. The lowest BCUT2D eigenvalue weighted by molar-refractivity contribution is 0.0773. The van der Waals surface area contributed by atoms with Gasteiger partial charge in [-0.15, -0.1) is 0 Å². The third kappa shape index (κ3) is 2.48. The Morgan fingerprint density at radius 1 is 1.14 bits per heavy atom. The van der Waals surface area contributed by atoms with E-state index in [1.807, 2.05) is 38.8 Å². The predicted octanol–water partition coefficient (Wildman–Crippen LogP) is 2.32. The molecule has 0 N–H and O–H groups in total. The molecule has 1 atom stereocenters. The number of aromatic nitrogens is 3. The van der Waals surface area contributed by atoms with Crippen molar-refractivity contribution in [1.82, 2.24) is 19.7 Å². The topological polar surface area (TPSA) is 71.3 Å². The molecule has 0 aromatic carbocycles. The molecule has 0 aliphatic carbocycles. The third-order valence-corrected chi connectivity index (χ3v) is 6.42. The Kier molecular flexibility index (Phi) is 3.83. The average molecular weight is 393 g/mol. The molecule has 3 aromatic heterocycles. The number of amides is 2. The lowest BCUT2D eigenvalue weighted by Gasteiger charge is -2.25. The molecule has 0 saturated carbocycles. The molecule has 1 unspecified atom stereocenters. The van der Waals surface area contributed by atoms with Gasteiger partial charge < -0.3 is 9.80 Å². The van der Waals surface area contributed by atoms with Gasteiger partial charge in [0.1, 0.15) is 5.69 Å². The second-order valence-electron chi connectivity index (χ2n) is 7.37. The van der Waals surface area contributed by atoms with E-state index in [2.05, 4.69) is 10.1 Å². The molecule has 0 radical (unpaired) electrons. The summed E-state index contributed by atoms with van der Waals surface area (Å²) < 4.78 is 1.60. The molecule has 7 nitrogen and oxygen atoms in total. The fraction of sp³-hybridized carbons (Fsp3) is 0.300. The summed E-state index contributed by atoms with van der Waals surface area (Å²) in [4.78, 5) is 34.3. The maximum Gasteiger partial charge on any atom is 0.272 e. The van der Waals surface area contributed by atoms with Gasteiger partial charge in [0.25, 0.3) is 11.8 Å². The molecule has 28 heavy (non-hydrogen) atoms. The van der Waals surface area contributed by atoms with E-state index < -0.39 is 0 Å². The molecule has 5 rings (SSSR count). The van der Waals surface area contributed by atoms with Crippen LogP contribution >= 0.6 is 11.3 Å². The van der Waals surface area contributed by atoms with Crippen LogP contribution < -0.4 is 4.90 Å². The highest BCUT2D eigenvalue weighted by Gasteiger charge is 2.51. The van der Waals surface area contributed by atoms with Crippen molar-refractivity contribution in [3.8, 4) is 0 Å². The van der Waals surface area contributed by atoms with Gasteiger partial charge in [-0.2, -0.15) is 16.4 Å². The van der Waals surface area contributed by atoms with Gasteiger partial charge in [-0.25, -0.2) is 0 Å². The van der Waals surface area contributed by atoms with Crippen molar-refractivity contribution in [2.75, 3.05) is 24.5 Å². The molecule has 8 heteroatoms. The fourth-order valence-electron chi connectivity index (χ4n) is 4.32. The summed E-state index contributed by atoms with van der Waals surface area (Å²) >= 11 is 1.51. The Labute approximate surface area is 166 Å². The molecule has 3 aromatic rings. The molecule has 2 aliphatic rings. The fourth-order valence-corrected chi connectivity index (χ4v) is 4.95. The van der Waals surface area contributed by atoms with E-state index in [1.54, 1.807) is 30.2 Å². The first-order valence-corrected chi connectivity index (χ1v) is 10.1. The first-order chi connectivity index (χ1) is 13.6. The number of aryl methyl sites for hydroxylation is 1. The van der Waals surface area contributed by atoms with Crippen molar-refractivity contribution in [2.24, 2.45) is 7.05 Å². The van der Waals surface area contributed by atoms with E-state index in [1.165, 1.54) is 11.3 Å². The standard InChI is InChI=1S/C20H19N5O2S/c1-23-16(4-8-22-23)19(27)24-9-6-20(12-24)13-25(15-3-2-7-21-17(15)20)18(26)14-5-10-28-11-14/h2-5,7-8,10-11H,6,9,12-13H2,1H3. The van der Waals surface area contributed by atoms with Crippen LogP contribution in [-0.4, -0.2) is 51.1 Å². The van der Waals surface area contributed by atoms with Crippen LogP contribution in [0.1, 0.15) is 33.0 Å². The Balaban J connectivity index is 1.47. The molecule has 1 spiro atoms. The maximum absolute atomic E-state index is 13.1. The third-order valence-electron chi connectivity index (χ3n) is 5.73. The number of nitrogens with zero attached hydrogens (tertiary/aromatic N) is 5. The number of pyridine rings is 1. The van der Waals surface area contributed by atoms with Crippen LogP contribution in [0.25, 0.3) is 0 Å². The smallest absolute Gasteiger partial charge is 0.272 e. The number of carbonyl (C=O) groups is 2. The second kappa shape index (κ2) is 6.27. The van der Waals surface area contributed by atoms with Crippen molar-refractivity contribution in [3.05, 3.63) is 64.4 Å². The van der Waals surface area contributed by atoms with Crippen LogP contribution in [0, 0.1) is 0 Å². The SMILES string of the molecule is Cn1nccc1C(=O)N1CCC2(C1)CN(C(=O)c1ccsc1)c1cccnc12. The van der Waals surface area contributed by atoms with Crippen molar-refractivity contribution in [3.63, 3.8) is 0 Å². The summed E-state index contributed by atoms with van der Waals surface area (Å²) in [6, 6.07) is 7.40. The summed E-state index contributed by atoms with van der Waals surface area (Å²) in [5, 5.41) is 7.88. The number of hydrogen-bond acceptors (Lipinski definition) is 5. The monoisotopic (exact) mass is 393 g/mol. The van der Waals surface area contributed by atoms with Crippen LogP contribution in [0.2, 0.25) is 0 Å². The summed E-state index contributed by atoms with van der Waals surface area (Å²) in [7, 11) is 1.77. The number of fused-ring (bicyclic) bond motifs is 2. The molecular weight excluding hydrogens is 374 g/mol. The second-order valence-corrected chi connectivity index (χ2v) is 8.15. The number of carbonyl (C=O) groups excluding carboxylic acids is 2. The van der Waals surface area contributed by atoms with Crippen molar-refractivity contribution in [1.29, 1.82) is 0 Å². The lowest BCUT2D eigenvalue weighted by atomic mass is 9.85. The number of anilines is 1. The van der Waals surface area contributed by atoms with Crippen molar-refractivity contribution >= 4 is 28.8 Å². The maximum atomic E-state index is 13.1. The zero-order valence-electron chi connectivity index (χ0n) is 15.4. The van der Waals surface area contributed by atoms with Crippen LogP contribution in [0.15, 0.2) is 47.4 Å². The van der Waals surface area contributed by atoms with Gasteiger partial charge in [0, 0.05) is 44.5 Å². The van der Waals surface area contributed by atoms with Crippen molar-refractivity contribution in [2.45, 2.75) is 11.8 Å². The van der Waals surface area contributed by atoms with Crippen LogP contribution in [-0.2, 0) is 12.5 Å². The first kappa shape index (κ1) is 17.1. The predicted molar refractivity (Wildman–Crippen MR) is 106 cm³/mol. The number of hydrogen-bond donors (Lipinski definition) is 0. The molecule has 142 valence electrons. The molecule has 1 saturated heterocycles. The normalized spacial score (nSPS) is 20.8. The molecule has 0 bridgehead atoms. The largest absolute Gasteiger partial charge is 0.336 e. The summed E-state index contributed by atoms with van der Waals surface area (Å²) in [6.45, 7) is 1.73. The highest BCUT2D eigenvalue weighted by Crippen LogP contribution is 2.45. The number of likely N-dealkylation sites (tertiary alicyclic amines) is 1. The van der Waals surface area contributed by atoms with Crippen LogP contribution in [0.5, 0.6) is 0 Å².